The molecule has 1 amide bonds. The molecule has 4 unspecified atom stereocenters. The highest BCUT2D eigenvalue weighted by Gasteiger charge is 2.34. The molecule has 2 aliphatic rings. The fraction of sp³-hybridized carbons (Fsp3) is 0.929. The molecule has 4 heteroatoms. The van der Waals surface area contributed by atoms with Gasteiger partial charge in [-0.05, 0) is 45.1 Å². The number of nitrogens with two attached hydrogens (primary N) is 1. The van der Waals surface area contributed by atoms with Gasteiger partial charge in [-0.2, -0.15) is 0 Å². The summed E-state index contributed by atoms with van der Waals surface area (Å²) in [5.74, 6) is 0.529. The zero-order valence-electron chi connectivity index (χ0n) is 11.5. The molecular formula is C14H27N3O. The Balaban J connectivity index is 1.84. The molecule has 0 aromatic carbocycles. The highest BCUT2D eigenvalue weighted by atomic mass is 16.1. The van der Waals surface area contributed by atoms with E-state index >= 15 is 0 Å². The maximum absolute atomic E-state index is 10.9. The quantitative estimate of drug-likeness (QED) is 0.688. The Morgan fingerprint density at radius 2 is 2.17 bits per heavy atom. The molecular weight excluding hydrogens is 226 g/mol. The largest absolute Gasteiger partial charge is 0.370 e. The summed E-state index contributed by atoms with van der Waals surface area (Å²) in [5, 5.41) is 7.29. The van der Waals surface area contributed by atoms with Crippen molar-refractivity contribution in [1.82, 2.24) is 10.6 Å². The number of nitrogens with one attached hydrogen (secondary N) is 2. The van der Waals surface area contributed by atoms with Crippen molar-refractivity contribution in [3.05, 3.63) is 0 Å². The molecule has 1 aliphatic carbocycles. The minimum atomic E-state index is -0.208. The first-order valence-electron chi connectivity index (χ1n) is 7.44. The minimum absolute atomic E-state index is 0.205. The summed E-state index contributed by atoms with van der Waals surface area (Å²) in [6.07, 6.45) is 8.31. The fourth-order valence-electron chi connectivity index (χ4n) is 3.65. The van der Waals surface area contributed by atoms with Crippen LogP contribution in [0, 0.1) is 5.92 Å². The first kappa shape index (κ1) is 13.8. The summed E-state index contributed by atoms with van der Waals surface area (Å²) >= 11 is 0. The molecule has 4 atom stereocenters. The summed E-state index contributed by atoms with van der Waals surface area (Å²) in [4.78, 5) is 10.9. The van der Waals surface area contributed by atoms with Crippen LogP contribution in [0.25, 0.3) is 0 Å². The van der Waals surface area contributed by atoms with Crippen molar-refractivity contribution >= 4 is 5.91 Å². The van der Waals surface area contributed by atoms with Crippen molar-refractivity contribution in [3.63, 3.8) is 0 Å². The second kappa shape index (κ2) is 6.53. The number of hydrogen-bond donors (Lipinski definition) is 3. The van der Waals surface area contributed by atoms with Crippen LogP contribution in [0.15, 0.2) is 0 Å². The lowest BCUT2D eigenvalue weighted by atomic mass is 9.88. The molecule has 1 saturated carbocycles. The molecule has 0 radical (unpaired) electrons. The van der Waals surface area contributed by atoms with E-state index in [0.29, 0.717) is 18.5 Å². The summed E-state index contributed by atoms with van der Waals surface area (Å²) in [5.41, 5.74) is 5.25. The molecule has 2 rings (SSSR count). The van der Waals surface area contributed by atoms with Crippen LogP contribution >= 0.6 is 0 Å². The highest BCUT2D eigenvalue weighted by molar-refractivity contribution is 5.74. The van der Waals surface area contributed by atoms with Gasteiger partial charge in [0.2, 0.25) is 5.91 Å². The molecule has 18 heavy (non-hydrogen) atoms. The van der Waals surface area contributed by atoms with Gasteiger partial charge < -0.3 is 16.4 Å². The van der Waals surface area contributed by atoms with Gasteiger partial charge in [-0.25, -0.2) is 0 Å². The van der Waals surface area contributed by atoms with Gasteiger partial charge in [-0.3, -0.25) is 4.79 Å². The standard InChI is InChI=1S/C14H27N3O/c1-10(9-14(15)18)17-13-7-4-5-11(13)12-6-2-3-8-16-12/h10-13,16-17H,2-9H2,1H3,(H2,15,18). The van der Waals surface area contributed by atoms with Crippen molar-refractivity contribution in [2.75, 3.05) is 6.54 Å². The van der Waals surface area contributed by atoms with Crippen LogP contribution in [-0.2, 0) is 4.79 Å². The van der Waals surface area contributed by atoms with E-state index in [-0.39, 0.29) is 11.9 Å². The second-order valence-corrected chi connectivity index (χ2v) is 6.00. The smallest absolute Gasteiger partial charge is 0.218 e. The Morgan fingerprint density at radius 1 is 1.33 bits per heavy atom. The maximum atomic E-state index is 10.9. The molecule has 0 spiro atoms. The number of rotatable bonds is 5. The van der Waals surface area contributed by atoms with Crippen molar-refractivity contribution in [1.29, 1.82) is 0 Å². The van der Waals surface area contributed by atoms with Crippen LogP contribution in [-0.4, -0.2) is 30.6 Å². The van der Waals surface area contributed by atoms with Crippen LogP contribution in [0.1, 0.15) is 51.9 Å². The zero-order valence-corrected chi connectivity index (χ0v) is 11.5. The number of carbonyl (C=O) groups excluding carboxylic acids is 1. The molecule has 0 aromatic rings. The third-order valence-corrected chi connectivity index (χ3v) is 4.44. The summed E-state index contributed by atoms with van der Waals surface area (Å²) < 4.78 is 0. The molecule has 2 fully saturated rings. The maximum Gasteiger partial charge on any atom is 0.218 e. The van der Waals surface area contributed by atoms with E-state index in [1.54, 1.807) is 0 Å². The fourth-order valence-corrected chi connectivity index (χ4v) is 3.65. The van der Waals surface area contributed by atoms with Crippen molar-refractivity contribution in [3.8, 4) is 0 Å². The van der Waals surface area contributed by atoms with E-state index < -0.39 is 0 Å². The molecule has 4 nitrogen and oxygen atoms in total. The molecule has 1 aliphatic heterocycles. The van der Waals surface area contributed by atoms with Crippen LogP contribution in [0.3, 0.4) is 0 Å². The molecule has 104 valence electrons. The van der Waals surface area contributed by atoms with E-state index in [9.17, 15) is 4.79 Å². The summed E-state index contributed by atoms with van der Waals surface area (Å²) in [6.45, 7) is 3.24. The Labute approximate surface area is 110 Å². The van der Waals surface area contributed by atoms with Crippen molar-refractivity contribution < 1.29 is 4.79 Å². The van der Waals surface area contributed by atoms with E-state index in [1.807, 2.05) is 0 Å². The number of hydrogen-bond acceptors (Lipinski definition) is 3. The Morgan fingerprint density at radius 3 is 2.83 bits per heavy atom. The Kier molecular flexibility index (Phi) is 5.01. The number of carbonyl (C=O) groups is 1. The lowest BCUT2D eigenvalue weighted by Crippen LogP contribution is -2.49. The minimum Gasteiger partial charge on any atom is -0.370 e. The predicted molar refractivity (Wildman–Crippen MR) is 73.2 cm³/mol. The highest BCUT2D eigenvalue weighted by Crippen LogP contribution is 2.32. The monoisotopic (exact) mass is 253 g/mol. The van der Waals surface area contributed by atoms with Gasteiger partial charge in [0, 0.05) is 24.5 Å². The predicted octanol–water partition coefficient (Wildman–Crippen LogP) is 1.15. The van der Waals surface area contributed by atoms with Gasteiger partial charge >= 0.3 is 0 Å². The SMILES string of the molecule is CC(CC(N)=O)NC1CCCC1C1CCCCN1. The van der Waals surface area contributed by atoms with Gasteiger partial charge in [0.05, 0.1) is 0 Å². The van der Waals surface area contributed by atoms with E-state index in [0.717, 1.165) is 5.92 Å². The van der Waals surface area contributed by atoms with Gasteiger partial charge in [-0.15, -0.1) is 0 Å². The topological polar surface area (TPSA) is 67.2 Å². The Hall–Kier alpha value is -0.610. The van der Waals surface area contributed by atoms with Crippen LogP contribution < -0.4 is 16.4 Å². The van der Waals surface area contributed by atoms with Crippen LogP contribution in [0.4, 0.5) is 0 Å². The zero-order chi connectivity index (χ0) is 13.0. The van der Waals surface area contributed by atoms with Crippen molar-refractivity contribution in [2.45, 2.75) is 70.0 Å². The number of primary amides is 1. The first-order chi connectivity index (χ1) is 8.66. The lowest BCUT2D eigenvalue weighted by Gasteiger charge is -2.34. The molecule has 1 heterocycles. The third kappa shape index (κ3) is 3.69. The normalized spacial score (nSPS) is 34.4. The first-order valence-corrected chi connectivity index (χ1v) is 7.44. The van der Waals surface area contributed by atoms with Gasteiger partial charge in [0.25, 0.3) is 0 Å². The molecule has 0 bridgehead atoms. The molecule has 0 aromatic heterocycles. The molecule has 4 N–H and O–H groups in total. The summed E-state index contributed by atoms with van der Waals surface area (Å²) in [7, 11) is 0. The number of piperidine rings is 1. The third-order valence-electron chi connectivity index (χ3n) is 4.44. The average molecular weight is 253 g/mol. The van der Waals surface area contributed by atoms with Gasteiger partial charge in [0.15, 0.2) is 0 Å². The second-order valence-electron chi connectivity index (χ2n) is 6.00. The average Bonchev–Trinajstić information content (AvgIpc) is 2.77. The van der Waals surface area contributed by atoms with E-state index in [2.05, 4.69) is 17.6 Å². The Bertz CT molecular complexity index is 276. The lowest BCUT2D eigenvalue weighted by molar-refractivity contribution is -0.118. The van der Waals surface area contributed by atoms with E-state index in [1.165, 1.54) is 45.1 Å². The van der Waals surface area contributed by atoms with Crippen molar-refractivity contribution in [2.24, 2.45) is 11.7 Å². The summed E-state index contributed by atoms with van der Waals surface area (Å²) in [6, 6.07) is 1.45. The van der Waals surface area contributed by atoms with Crippen LogP contribution in [0.2, 0.25) is 0 Å². The van der Waals surface area contributed by atoms with E-state index in [4.69, 9.17) is 5.73 Å². The van der Waals surface area contributed by atoms with Gasteiger partial charge in [0.1, 0.15) is 0 Å². The van der Waals surface area contributed by atoms with Gasteiger partial charge in [-0.1, -0.05) is 12.8 Å². The van der Waals surface area contributed by atoms with Crippen LogP contribution in [0.5, 0.6) is 0 Å². The molecule has 1 saturated heterocycles. The number of amides is 1.